The molecule has 2 aromatic rings. The predicted octanol–water partition coefficient (Wildman–Crippen LogP) is 2.82. The summed E-state index contributed by atoms with van der Waals surface area (Å²) >= 11 is 0. The Labute approximate surface area is 127 Å². The van der Waals surface area contributed by atoms with Gasteiger partial charge >= 0.3 is 11.9 Å². The molecule has 0 aromatic heterocycles. The fourth-order valence-electron chi connectivity index (χ4n) is 3.31. The molecule has 2 heterocycles. The van der Waals surface area contributed by atoms with Crippen molar-refractivity contribution < 1.29 is 19.1 Å². The maximum absolute atomic E-state index is 12.3. The lowest BCUT2D eigenvalue weighted by Crippen LogP contribution is -2.19. The van der Waals surface area contributed by atoms with Gasteiger partial charge in [0.05, 0.1) is 0 Å². The first-order valence-corrected chi connectivity index (χ1v) is 7.26. The molecule has 22 heavy (non-hydrogen) atoms. The number of fused-ring (bicyclic) bond motifs is 1. The Kier molecular flexibility index (Phi) is 2.96. The number of cyclic esters (lactones) is 2. The van der Waals surface area contributed by atoms with E-state index >= 15 is 0 Å². The van der Waals surface area contributed by atoms with Crippen LogP contribution in [-0.2, 0) is 19.1 Å². The molecule has 0 N–H and O–H groups in total. The molecule has 4 unspecified atom stereocenters. The Bertz CT molecular complexity index is 647. The smallest absolute Gasteiger partial charge is 0.314 e. The van der Waals surface area contributed by atoms with Gasteiger partial charge < -0.3 is 9.47 Å². The molecule has 0 spiro atoms. The van der Waals surface area contributed by atoms with E-state index in [0.29, 0.717) is 0 Å². The van der Waals surface area contributed by atoms with Gasteiger partial charge in [-0.25, -0.2) is 0 Å². The third-order valence-corrected chi connectivity index (χ3v) is 4.33. The Balaban J connectivity index is 1.71. The normalized spacial score (nSPS) is 29.8. The minimum absolute atomic E-state index is 0.362. The molecular formula is C18H14O4. The summed E-state index contributed by atoms with van der Waals surface area (Å²) in [4.78, 5) is 24.6. The van der Waals surface area contributed by atoms with E-state index in [1.807, 2.05) is 60.7 Å². The van der Waals surface area contributed by atoms with Gasteiger partial charge in [-0.05, 0) is 11.1 Å². The molecule has 0 bridgehead atoms. The van der Waals surface area contributed by atoms with E-state index in [9.17, 15) is 9.59 Å². The molecule has 4 rings (SSSR count). The molecule has 4 heteroatoms. The third-order valence-electron chi connectivity index (χ3n) is 4.33. The van der Waals surface area contributed by atoms with Crippen molar-refractivity contribution in [3.05, 3.63) is 71.8 Å². The van der Waals surface area contributed by atoms with Crippen molar-refractivity contribution in [2.45, 2.75) is 12.2 Å². The number of hydrogen-bond donors (Lipinski definition) is 0. The first kappa shape index (κ1) is 13.1. The largest absolute Gasteiger partial charge is 0.456 e. The molecule has 2 fully saturated rings. The first-order chi connectivity index (χ1) is 10.8. The summed E-state index contributed by atoms with van der Waals surface area (Å²) in [6.07, 6.45) is -1.11. The fraction of sp³-hybridized carbons (Fsp3) is 0.222. The Morgan fingerprint density at radius 2 is 0.955 bits per heavy atom. The highest BCUT2D eigenvalue weighted by atomic mass is 16.6. The molecular weight excluding hydrogens is 280 g/mol. The average Bonchev–Trinajstić information content (AvgIpc) is 3.09. The standard InChI is InChI=1S/C18H14O4/c19-17-13-14(16(22-17)12-9-5-2-6-10-12)18(20)21-15(13)11-7-3-1-4-8-11/h1-10,13-16H. The number of ether oxygens (including phenoxy) is 2. The lowest BCUT2D eigenvalue weighted by molar-refractivity contribution is -0.154. The van der Waals surface area contributed by atoms with Crippen LogP contribution < -0.4 is 0 Å². The minimum atomic E-state index is -0.569. The molecule has 0 saturated carbocycles. The number of carbonyl (C=O) groups is 2. The summed E-state index contributed by atoms with van der Waals surface area (Å²) in [5.41, 5.74) is 1.66. The van der Waals surface area contributed by atoms with E-state index in [4.69, 9.17) is 9.47 Å². The second-order valence-electron chi connectivity index (χ2n) is 5.59. The molecule has 4 nitrogen and oxygen atoms in total. The second kappa shape index (κ2) is 4.98. The minimum Gasteiger partial charge on any atom is -0.456 e. The molecule has 110 valence electrons. The van der Waals surface area contributed by atoms with E-state index in [1.165, 1.54) is 0 Å². The van der Waals surface area contributed by atoms with E-state index in [-0.39, 0.29) is 11.9 Å². The zero-order chi connectivity index (χ0) is 15.1. The van der Waals surface area contributed by atoms with Gasteiger partial charge in [0.2, 0.25) is 0 Å². The zero-order valence-electron chi connectivity index (χ0n) is 11.7. The van der Waals surface area contributed by atoms with E-state index < -0.39 is 24.0 Å². The highest BCUT2D eigenvalue weighted by Crippen LogP contribution is 2.51. The summed E-state index contributed by atoms with van der Waals surface area (Å²) in [6.45, 7) is 0. The summed E-state index contributed by atoms with van der Waals surface area (Å²) in [7, 11) is 0. The number of carbonyl (C=O) groups excluding carboxylic acids is 2. The van der Waals surface area contributed by atoms with Crippen LogP contribution in [0.2, 0.25) is 0 Å². The number of hydrogen-bond acceptors (Lipinski definition) is 4. The highest BCUT2D eigenvalue weighted by Gasteiger charge is 2.59. The third kappa shape index (κ3) is 1.91. The summed E-state index contributed by atoms with van der Waals surface area (Å²) in [5, 5.41) is 0. The topological polar surface area (TPSA) is 52.6 Å². The maximum Gasteiger partial charge on any atom is 0.314 e. The summed E-state index contributed by atoms with van der Waals surface area (Å²) in [5.74, 6) is -1.86. The van der Waals surface area contributed by atoms with Gasteiger partial charge in [-0.3, -0.25) is 9.59 Å². The number of rotatable bonds is 2. The number of benzene rings is 2. The van der Waals surface area contributed by atoms with Crippen molar-refractivity contribution in [3.63, 3.8) is 0 Å². The van der Waals surface area contributed by atoms with E-state index in [0.717, 1.165) is 11.1 Å². The molecule has 0 radical (unpaired) electrons. The van der Waals surface area contributed by atoms with Crippen LogP contribution >= 0.6 is 0 Å². The van der Waals surface area contributed by atoms with Crippen molar-refractivity contribution in [3.8, 4) is 0 Å². The summed E-state index contributed by atoms with van der Waals surface area (Å²) in [6, 6.07) is 18.7. The fourth-order valence-corrected chi connectivity index (χ4v) is 3.31. The highest BCUT2D eigenvalue weighted by molar-refractivity contribution is 5.89. The van der Waals surface area contributed by atoms with Crippen molar-refractivity contribution in [1.29, 1.82) is 0 Å². The van der Waals surface area contributed by atoms with Crippen LogP contribution in [0.1, 0.15) is 23.3 Å². The van der Waals surface area contributed by atoms with Gasteiger partial charge in [-0.2, -0.15) is 0 Å². The van der Waals surface area contributed by atoms with Crippen molar-refractivity contribution in [2.24, 2.45) is 11.8 Å². The van der Waals surface area contributed by atoms with Crippen LogP contribution in [-0.4, -0.2) is 11.9 Å². The molecule has 2 saturated heterocycles. The van der Waals surface area contributed by atoms with E-state index in [2.05, 4.69) is 0 Å². The van der Waals surface area contributed by atoms with Gasteiger partial charge in [-0.15, -0.1) is 0 Å². The molecule has 4 atom stereocenters. The van der Waals surface area contributed by atoms with Crippen LogP contribution in [0, 0.1) is 11.8 Å². The second-order valence-corrected chi connectivity index (χ2v) is 5.59. The van der Waals surface area contributed by atoms with Gasteiger partial charge in [0, 0.05) is 0 Å². The van der Waals surface area contributed by atoms with Gasteiger partial charge in [0.1, 0.15) is 24.0 Å². The number of esters is 2. The average molecular weight is 294 g/mol. The Morgan fingerprint density at radius 1 is 0.591 bits per heavy atom. The predicted molar refractivity (Wildman–Crippen MR) is 77.5 cm³/mol. The SMILES string of the molecule is O=C1OC(c2ccccc2)C2C(=O)OC(c3ccccc3)C12. The van der Waals surface area contributed by atoms with Crippen LogP contribution in [0.3, 0.4) is 0 Å². The van der Waals surface area contributed by atoms with Crippen molar-refractivity contribution >= 4 is 11.9 Å². The Hall–Kier alpha value is -2.62. The van der Waals surface area contributed by atoms with Crippen LogP contribution in [0.25, 0.3) is 0 Å². The van der Waals surface area contributed by atoms with Crippen LogP contribution in [0.4, 0.5) is 0 Å². The van der Waals surface area contributed by atoms with E-state index in [1.54, 1.807) is 0 Å². The van der Waals surface area contributed by atoms with Gasteiger partial charge in [0.25, 0.3) is 0 Å². The lowest BCUT2D eigenvalue weighted by atomic mass is 9.84. The van der Waals surface area contributed by atoms with Gasteiger partial charge in [-0.1, -0.05) is 60.7 Å². The van der Waals surface area contributed by atoms with Crippen molar-refractivity contribution in [2.75, 3.05) is 0 Å². The Morgan fingerprint density at radius 3 is 1.32 bits per heavy atom. The molecule has 2 aromatic carbocycles. The zero-order valence-corrected chi connectivity index (χ0v) is 11.7. The first-order valence-electron chi connectivity index (χ1n) is 7.26. The monoisotopic (exact) mass is 294 g/mol. The van der Waals surface area contributed by atoms with Crippen LogP contribution in [0.5, 0.6) is 0 Å². The maximum atomic E-state index is 12.3. The van der Waals surface area contributed by atoms with Crippen LogP contribution in [0.15, 0.2) is 60.7 Å². The van der Waals surface area contributed by atoms with Gasteiger partial charge in [0.15, 0.2) is 0 Å². The molecule has 2 aliphatic rings. The quantitative estimate of drug-likeness (QED) is 0.799. The van der Waals surface area contributed by atoms with Crippen molar-refractivity contribution in [1.82, 2.24) is 0 Å². The lowest BCUT2D eigenvalue weighted by Gasteiger charge is -2.14. The molecule has 0 amide bonds. The molecule has 2 aliphatic heterocycles. The molecule has 0 aliphatic carbocycles. The summed E-state index contributed by atoms with van der Waals surface area (Å²) < 4.78 is 11.0.